The number of nitrogens with zero attached hydrogens (tertiary/aromatic N) is 1. The average molecular weight is 852 g/mol. The van der Waals surface area contributed by atoms with Crippen LogP contribution < -0.4 is 10.6 Å². The number of fused-ring (bicyclic) bond motifs is 2. The van der Waals surface area contributed by atoms with Gasteiger partial charge in [-0.05, 0) is 87.6 Å². The second-order valence-corrected chi connectivity index (χ2v) is 17.8. The monoisotopic (exact) mass is 851 g/mol. The van der Waals surface area contributed by atoms with Gasteiger partial charge in [0.15, 0.2) is 17.8 Å². The Hall–Kier alpha value is -4.44. The molecule has 0 radical (unpaired) electrons. The topological polar surface area (TPSA) is 179 Å². The summed E-state index contributed by atoms with van der Waals surface area (Å²) >= 11 is 0. The second kappa shape index (κ2) is 18.9. The Kier molecular flexibility index (Phi) is 14.3. The van der Waals surface area contributed by atoms with Gasteiger partial charge in [0.05, 0.1) is 12.2 Å². The van der Waals surface area contributed by atoms with E-state index in [2.05, 4.69) is 10.6 Å². The number of alkyl halides is 1. The van der Waals surface area contributed by atoms with Crippen LogP contribution in [0.25, 0.3) is 0 Å². The van der Waals surface area contributed by atoms with Crippen molar-refractivity contribution in [3.8, 4) is 0 Å². The van der Waals surface area contributed by atoms with Crippen LogP contribution in [0.15, 0.2) is 42.5 Å². The van der Waals surface area contributed by atoms with Crippen molar-refractivity contribution in [3.05, 3.63) is 70.3 Å². The summed E-state index contributed by atoms with van der Waals surface area (Å²) < 4.78 is 43.9. The van der Waals surface area contributed by atoms with Crippen LogP contribution >= 0.6 is 0 Å². The first kappa shape index (κ1) is 46.1. The van der Waals surface area contributed by atoms with Crippen LogP contribution in [0.3, 0.4) is 0 Å². The van der Waals surface area contributed by atoms with E-state index in [4.69, 9.17) is 23.7 Å². The van der Waals surface area contributed by atoms with Gasteiger partial charge in [0.2, 0.25) is 23.7 Å². The molecule has 1 aliphatic carbocycles. The Morgan fingerprint density at radius 2 is 1.57 bits per heavy atom. The molecule has 3 heterocycles. The lowest BCUT2D eigenvalue weighted by atomic mass is 9.74. The third-order valence-corrected chi connectivity index (χ3v) is 12.7. The predicted molar refractivity (Wildman–Crippen MR) is 221 cm³/mol. The third-order valence-electron chi connectivity index (χ3n) is 12.7. The van der Waals surface area contributed by atoms with Gasteiger partial charge in [-0.3, -0.25) is 28.9 Å². The number of ether oxygens (including phenoxy) is 5. The fraction of sp³-hybridized carbons (Fsp3) is 0.630. The van der Waals surface area contributed by atoms with Gasteiger partial charge >= 0.3 is 17.9 Å². The first-order valence-electron chi connectivity index (χ1n) is 21.6. The standard InChI is InChI=1S/C46H62FN3O11/c1-29-13-18-36(46-41(60-32(4)53)39(58-30(2)51)40(59-31(3)52)45(61-46,28-57-46)43(5,6)56)26-35(29)25-34-16-14-33(15-17-34)11-10-12-38(54)49-44(20-8-7-9-21-44)42(55)48-22-24-50-23-19-37(47)27-50/h13-18,26,37,39-41,56H,7-12,19-25,27-28H2,1-6H3,(H,48,55)(H,49,54)/t37-,39+,40+,41-,45+,46+/m1/s1. The molecule has 2 aromatic rings. The van der Waals surface area contributed by atoms with Gasteiger partial charge in [0.25, 0.3) is 0 Å². The second-order valence-electron chi connectivity index (χ2n) is 17.8. The molecule has 2 aromatic carbocycles. The Morgan fingerprint density at radius 3 is 2.20 bits per heavy atom. The van der Waals surface area contributed by atoms with E-state index < -0.39 is 64.9 Å². The van der Waals surface area contributed by atoms with Crippen LogP contribution in [0.1, 0.15) is 114 Å². The molecule has 3 N–H and O–H groups in total. The molecule has 1 saturated carbocycles. The zero-order valence-electron chi connectivity index (χ0n) is 36.3. The molecule has 2 bridgehead atoms. The highest BCUT2D eigenvalue weighted by Crippen LogP contribution is 2.56. The smallest absolute Gasteiger partial charge is 0.303 e. The largest absolute Gasteiger partial charge is 0.455 e. The molecule has 6 atom stereocenters. The number of hydrogen-bond donors (Lipinski definition) is 3. The maximum Gasteiger partial charge on any atom is 0.303 e. The minimum Gasteiger partial charge on any atom is -0.455 e. The van der Waals surface area contributed by atoms with Crippen LogP contribution in [-0.4, -0.2) is 114 Å². The quantitative estimate of drug-likeness (QED) is 0.160. The molecule has 334 valence electrons. The maximum absolute atomic E-state index is 13.6. The predicted octanol–water partition coefficient (Wildman–Crippen LogP) is 4.41. The lowest BCUT2D eigenvalue weighted by Gasteiger charge is -2.52. The van der Waals surface area contributed by atoms with Crippen molar-refractivity contribution in [1.82, 2.24) is 15.5 Å². The molecule has 15 heteroatoms. The van der Waals surface area contributed by atoms with Crippen molar-refractivity contribution >= 4 is 29.7 Å². The van der Waals surface area contributed by atoms with Gasteiger partial charge < -0.3 is 39.4 Å². The van der Waals surface area contributed by atoms with E-state index in [1.165, 1.54) is 34.6 Å². The number of carbonyl (C=O) groups excluding carboxylic acids is 5. The maximum atomic E-state index is 13.6. The van der Waals surface area contributed by atoms with E-state index in [0.717, 1.165) is 41.5 Å². The van der Waals surface area contributed by atoms with Gasteiger partial charge in [-0.1, -0.05) is 55.7 Å². The Labute approximate surface area is 357 Å². The summed E-state index contributed by atoms with van der Waals surface area (Å²) in [7, 11) is 0. The van der Waals surface area contributed by atoms with Crippen LogP contribution in [0, 0.1) is 6.92 Å². The van der Waals surface area contributed by atoms with Gasteiger partial charge in [-0.15, -0.1) is 0 Å². The summed E-state index contributed by atoms with van der Waals surface area (Å²) in [5.74, 6) is -4.32. The molecule has 4 fully saturated rings. The zero-order chi connectivity index (χ0) is 44.2. The molecule has 3 saturated heterocycles. The summed E-state index contributed by atoms with van der Waals surface area (Å²) in [6.45, 7) is 10.3. The highest BCUT2D eigenvalue weighted by Gasteiger charge is 2.75. The third kappa shape index (κ3) is 10.3. The number of carbonyl (C=O) groups is 5. The molecule has 14 nitrogen and oxygen atoms in total. The van der Waals surface area contributed by atoms with Gasteiger partial charge in [0.1, 0.15) is 11.7 Å². The van der Waals surface area contributed by atoms with Crippen LogP contribution in [0.4, 0.5) is 4.39 Å². The first-order chi connectivity index (χ1) is 28.9. The summed E-state index contributed by atoms with van der Waals surface area (Å²) in [5, 5.41) is 17.7. The number of aliphatic hydroxyl groups is 1. The van der Waals surface area contributed by atoms with E-state index in [0.29, 0.717) is 70.3 Å². The first-order valence-corrected chi connectivity index (χ1v) is 21.6. The molecular weight excluding hydrogens is 790 g/mol. The molecule has 3 aliphatic heterocycles. The summed E-state index contributed by atoms with van der Waals surface area (Å²) in [5.41, 5.74) is 0.0459. The number of amides is 2. The van der Waals surface area contributed by atoms with E-state index >= 15 is 0 Å². The Morgan fingerprint density at radius 1 is 0.918 bits per heavy atom. The average Bonchev–Trinajstić information content (AvgIpc) is 3.79. The number of halogens is 1. The SMILES string of the molecule is CC(=O)O[C@@H]1[C@@H](OC(C)=O)[C@@]2(c3ccc(C)c(Cc4ccc(CCCC(=O)NC5(C(=O)NCCN6CC[C@@H](F)C6)CCCCC5)cc4)c3)OC[C@](C(C)(C)O)(O2)[C@H]1OC(C)=O. The molecule has 2 amide bonds. The molecule has 0 spiro atoms. The minimum atomic E-state index is -1.85. The number of rotatable bonds is 16. The fourth-order valence-electron chi connectivity index (χ4n) is 9.35. The van der Waals surface area contributed by atoms with E-state index in [9.17, 15) is 33.5 Å². The number of nitrogens with one attached hydrogen (secondary N) is 2. The lowest BCUT2D eigenvalue weighted by Crippen LogP contribution is -2.72. The van der Waals surface area contributed by atoms with Crippen molar-refractivity contribution in [2.75, 3.05) is 32.8 Å². The summed E-state index contributed by atoms with van der Waals surface area (Å²) in [6, 6.07) is 13.7. The summed E-state index contributed by atoms with van der Waals surface area (Å²) in [6.07, 6.45) is 1.54. The van der Waals surface area contributed by atoms with Crippen molar-refractivity contribution in [2.45, 2.75) is 153 Å². The van der Waals surface area contributed by atoms with Crippen LogP contribution in [-0.2, 0) is 66.3 Å². The number of esters is 3. The molecule has 61 heavy (non-hydrogen) atoms. The lowest BCUT2D eigenvalue weighted by molar-refractivity contribution is -0.350. The van der Waals surface area contributed by atoms with Gasteiger partial charge in [-0.2, -0.15) is 0 Å². The normalized spacial score (nSPS) is 27.2. The van der Waals surface area contributed by atoms with Crippen LogP contribution in [0.5, 0.6) is 0 Å². The highest BCUT2D eigenvalue weighted by molar-refractivity contribution is 5.91. The number of likely N-dealkylation sites (tertiary alicyclic amines) is 1. The van der Waals surface area contributed by atoms with Gasteiger partial charge in [-0.25, -0.2) is 4.39 Å². The number of benzene rings is 2. The molecule has 4 aliphatic rings. The van der Waals surface area contributed by atoms with E-state index in [-0.39, 0.29) is 24.8 Å². The number of aryl methyl sites for hydroxylation is 2. The van der Waals surface area contributed by atoms with Gasteiger partial charge in [0, 0.05) is 58.9 Å². The van der Waals surface area contributed by atoms with Crippen molar-refractivity contribution in [2.24, 2.45) is 0 Å². The fourth-order valence-corrected chi connectivity index (χ4v) is 9.35. The highest BCUT2D eigenvalue weighted by atomic mass is 19.1. The molecular formula is C46H62FN3O11. The van der Waals surface area contributed by atoms with Crippen molar-refractivity contribution < 1.29 is 57.2 Å². The van der Waals surface area contributed by atoms with Crippen LogP contribution in [0.2, 0.25) is 0 Å². The van der Waals surface area contributed by atoms with E-state index in [1.54, 1.807) is 6.07 Å². The Balaban J connectivity index is 1.12. The molecule has 0 aromatic heterocycles. The Bertz CT molecular complexity index is 1930. The molecule has 0 unspecified atom stereocenters. The van der Waals surface area contributed by atoms with E-state index in [1.807, 2.05) is 48.2 Å². The molecule has 6 rings (SSSR count). The van der Waals surface area contributed by atoms with Crippen molar-refractivity contribution in [3.63, 3.8) is 0 Å². The minimum absolute atomic E-state index is 0.145. The summed E-state index contributed by atoms with van der Waals surface area (Å²) in [4.78, 5) is 66.2. The number of hydrogen-bond acceptors (Lipinski definition) is 12. The van der Waals surface area contributed by atoms with Crippen molar-refractivity contribution in [1.29, 1.82) is 0 Å². The zero-order valence-corrected chi connectivity index (χ0v) is 36.3.